The molecule has 1 aromatic rings. The minimum Gasteiger partial charge on any atom is -0.379 e. The lowest BCUT2D eigenvalue weighted by Crippen LogP contribution is -2.46. The fourth-order valence-electron chi connectivity index (χ4n) is 4.42. The maximum absolute atomic E-state index is 12.2. The molecule has 1 aliphatic heterocycles. The van der Waals surface area contributed by atoms with Gasteiger partial charge in [0.05, 0.1) is 25.9 Å². The van der Waals surface area contributed by atoms with Crippen LogP contribution in [0.4, 0.5) is 0 Å². The van der Waals surface area contributed by atoms with Gasteiger partial charge in [0.1, 0.15) is 5.78 Å². The van der Waals surface area contributed by atoms with Crippen LogP contribution in [0, 0.1) is 11.8 Å². The van der Waals surface area contributed by atoms with Gasteiger partial charge < -0.3 is 9.47 Å². The quantitative estimate of drug-likeness (QED) is 0.805. The number of benzene rings is 1. The predicted molar refractivity (Wildman–Crippen MR) is 90.1 cm³/mol. The summed E-state index contributed by atoms with van der Waals surface area (Å²) in [6.07, 6.45) is 1.80. The minimum atomic E-state index is 0.174. The molecule has 2 bridgehead atoms. The topological polar surface area (TPSA) is 38.8 Å². The Morgan fingerprint density at radius 1 is 1.22 bits per heavy atom. The summed E-state index contributed by atoms with van der Waals surface area (Å²) in [5.74, 6) is 0.976. The number of hydrogen-bond donors (Lipinski definition) is 0. The van der Waals surface area contributed by atoms with E-state index in [4.69, 9.17) is 9.47 Å². The van der Waals surface area contributed by atoms with Crippen molar-refractivity contribution in [2.75, 3.05) is 26.3 Å². The summed E-state index contributed by atoms with van der Waals surface area (Å²) < 4.78 is 12.7. The number of fused-ring (bicyclic) bond motifs is 2. The molecule has 1 aromatic carbocycles. The summed E-state index contributed by atoms with van der Waals surface area (Å²) >= 11 is 3.45. The first-order valence-corrected chi connectivity index (χ1v) is 9.22. The van der Waals surface area contributed by atoms with Crippen LogP contribution in [0.3, 0.4) is 0 Å². The molecule has 0 spiro atoms. The largest absolute Gasteiger partial charge is 0.379 e. The van der Waals surface area contributed by atoms with Crippen molar-refractivity contribution in [3.63, 3.8) is 0 Å². The Morgan fingerprint density at radius 3 is 2.70 bits per heavy atom. The number of nitrogens with zero attached hydrogens (tertiary/aromatic N) is 1. The average molecular weight is 380 g/mol. The SMILES string of the molecule is O=C1CC2C(OCc3ccc(Br)cc3)CC1C2N1CCOCC1. The van der Waals surface area contributed by atoms with Gasteiger partial charge in [-0.25, -0.2) is 0 Å². The van der Waals surface area contributed by atoms with Gasteiger partial charge in [-0.05, 0) is 24.1 Å². The first kappa shape index (κ1) is 15.8. The van der Waals surface area contributed by atoms with E-state index in [-0.39, 0.29) is 12.0 Å². The Morgan fingerprint density at radius 2 is 1.96 bits per heavy atom. The molecule has 0 aromatic heterocycles. The first-order valence-electron chi connectivity index (χ1n) is 8.43. The highest BCUT2D eigenvalue weighted by molar-refractivity contribution is 9.10. The van der Waals surface area contributed by atoms with E-state index in [0.717, 1.165) is 37.2 Å². The number of morpholine rings is 1. The zero-order valence-electron chi connectivity index (χ0n) is 13.1. The lowest BCUT2D eigenvalue weighted by Gasteiger charge is -2.34. The Balaban J connectivity index is 1.41. The van der Waals surface area contributed by atoms with E-state index in [9.17, 15) is 4.79 Å². The zero-order chi connectivity index (χ0) is 15.8. The van der Waals surface area contributed by atoms with Crippen molar-refractivity contribution in [2.45, 2.75) is 31.6 Å². The highest BCUT2D eigenvalue weighted by Gasteiger charge is 2.55. The van der Waals surface area contributed by atoms with Crippen molar-refractivity contribution in [3.8, 4) is 0 Å². The standard InChI is InChI=1S/C18H22BrNO3/c19-13-3-1-12(2-4-13)11-23-17-10-14-16(21)9-15(17)18(14)20-5-7-22-8-6-20/h1-4,14-15,17-18H,5-11H2. The fraction of sp³-hybridized carbons (Fsp3) is 0.611. The molecule has 2 aliphatic carbocycles. The third-order valence-electron chi connectivity index (χ3n) is 5.51. The van der Waals surface area contributed by atoms with Gasteiger partial charge >= 0.3 is 0 Å². The number of ketones is 1. The maximum Gasteiger partial charge on any atom is 0.138 e. The van der Waals surface area contributed by atoms with E-state index >= 15 is 0 Å². The van der Waals surface area contributed by atoms with Gasteiger partial charge in [-0.2, -0.15) is 0 Å². The maximum atomic E-state index is 12.2. The van der Waals surface area contributed by atoms with Gasteiger partial charge in [0.2, 0.25) is 0 Å². The van der Waals surface area contributed by atoms with Crippen LogP contribution in [0.25, 0.3) is 0 Å². The van der Waals surface area contributed by atoms with Crippen molar-refractivity contribution in [1.29, 1.82) is 0 Å². The molecule has 4 nitrogen and oxygen atoms in total. The zero-order valence-corrected chi connectivity index (χ0v) is 14.7. The van der Waals surface area contributed by atoms with Crippen molar-refractivity contribution in [3.05, 3.63) is 34.3 Å². The molecular formula is C18H22BrNO3. The van der Waals surface area contributed by atoms with E-state index in [0.29, 0.717) is 30.8 Å². The molecule has 0 radical (unpaired) electrons. The predicted octanol–water partition coefficient (Wildman–Crippen LogP) is 2.64. The molecule has 3 aliphatic rings. The number of carbonyl (C=O) groups is 1. The summed E-state index contributed by atoms with van der Waals surface area (Å²) in [4.78, 5) is 14.7. The van der Waals surface area contributed by atoms with E-state index < -0.39 is 0 Å². The molecule has 5 heteroatoms. The first-order chi connectivity index (χ1) is 11.2. The Bertz CT molecular complexity index is 570. The van der Waals surface area contributed by atoms with Crippen LogP contribution in [0.1, 0.15) is 18.4 Å². The number of halogens is 1. The monoisotopic (exact) mass is 379 g/mol. The second-order valence-electron chi connectivity index (χ2n) is 6.79. The lowest BCUT2D eigenvalue weighted by atomic mass is 9.96. The van der Waals surface area contributed by atoms with Crippen LogP contribution in [-0.4, -0.2) is 49.1 Å². The van der Waals surface area contributed by atoms with Crippen molar-refractivity contribution in [2.24, 2.45) is 11.8 Å². The van der Waals surface area contributed by atoms with Gasteiger partial charge in [0.25, 0.3) is 0 Å². The van der Waals surface area contributed by atoms with E-state index in [2.05, 4.69) is 33.0 Å². The van der Waals surface area contributed by atoms with Crippen LogP contribution < -0.4 is 0 Å². The van der Waals surface area contributed by atoms with E-state index in [1.165, 1.54) is 5.56 Å². The van der Waals surface area contributed by atoms with Gasteiger partial charge in [-0.3, -0.25) is 9.69 Å². The molecule has 4 atom stereocenters. The molecule has 0 N–H and O–H groups in total. The molecule has 3 fully saturated rings. The number of Topliss-reactive ketones (excluding diaryl/α,β-unsaturated/α-hetero) is 1. The minimum absolute atomic E-state index is 0.174. The molecular weight excluding hydrogens is 358 g/mol. The highest BCUT2D eigenvalue weighted by atomic mass is 79.9. The third kappa shape index (κ3) is 3.12. The Kier molecular flexibility index (Phi) is 4.54. The molecule has 2 saturated carbocycles. The molecule has 124 valence electrons. The van der Waals surface area contributed by atoms with Crippen LogP contribution in [0.2, 0.25) is 0 Å². The summed E-state index contributed by atoms with van der Waals surface area (Å²) in [7, 11) is 0. The van der Waals surface area contributed by atoms with Gasteiger partial charge in [0, 0.05) is 41.9 Å². The second kappa shape index (κ2) is 6.63. The van der Waals surface area contributed by atoms with Gasteiger partial charge in [-0.1, -0.05) is 28.1 Å². The third-order valence-corrected chi connectivity index (χ3v) is 6.04. The summed E-state index contributed by atoms with van der Waals surface area (Å²) in [6.45, 7) is 4.10. The highest BCUT2D eigenvalue weighted by Crippen LogP contribution is 2.47. The Labute approximate surface area is 145 Å². The molecule has 23 heavy (non-hydrogen) atoms. The summed E-state index contributed by atoms with van der Waals surface area (Å²) in [5.41, 5.74) is 1.19. The van der Waals surface area contributed by atoms with Crippen molar-refractivity contribution < 1.29 is 14.3 Å². The molecule has 4 rings (SSSR count). The van der Waals surface area contributed by atoms with Gasteiger partial charge in [-0.15, -0.1) is 0 Å². The molecule has 4 unspecified atom stereocenters. The summed E-state index contributed by atoms with van der Waals surface area (Å²) in [6, 6.07) is 8.63. The van der Waals surface area contributed by atoms with Crippen molar-refractivity contribution >= 4 is 21.7 Å². The number of carbonyl (C=O) groups excluding carboxylic acids is 1. The smallest absolute Gasteiger partial charge is 0.138 e. The number of rotatable bonds is 4. The Hall–Kier alpha value is -0.750. The molecule has 1 saturated heterocycles. The number of ether oxygens (including phenoxy) is 2. The van der Waals surface area contributed by atoms with Crippen LogP contribution >= 0.6 is 15.9 Å². The van der Waals surface area contributed by atoms with Gasteiger partial charge in [0.15, 0.2) is 0 Å². The average Bonchev–Trinajstić information content (AvgIpc) is 3.09. The number of hydrogen-bond acceptors (Lipinski definition) is 4. The van der Waals surface area contributed by atoms with Crippen LogP contribution in [0.15, 0.2) is 28.7 Å². The lowest BCUT2D eigenvalue weighted by molar-refractivity contribution is -0.124. The second-order valence-corrected chi connectivity index (χ2v) is 7.71. The normalized spacial score (nSPS) is 34.2. The summed E-state index contributed by atoms with van der Waals surface area (Å²) in [5, 5.41) is 0. The van der Waals surface area contributed by atoms with Crippen LogP contribution in [-0.2, 0) is 20.9 Å². The van der Waals surface area contributed by atoms with E-state index in [1.807, 2.05) is 12.1 Å². The van der Waals surface area contributed by atoms with Crippen molar-refractivity contribution in [1.82, 2.24) is 4.90 Å². The van der Waals surface area contributed by atoms with Crippen LogP contribution in [0.5, 0.6) is 0 Å². The fourth-order valence-corrected chi connectivity index (χ4v) is 4.68. The molecule has 1 heterocycles. The van der Waals surface area contributed by atoms with E-state index in [1.54, 1.807) is 0 Å². The molecule has 0 amide bonds.